The molecule has 3 rings (SSSR count). The van der Waals surface area contributed by atoms with Crippen LogP contribution < -0.4 is 14.8 Å². The fourth-order valence-electron chi connectivity index (χ4n) is 3.85. The molecular weight excluding hydrogens is 442 g/mol. The topological polar surface area (TPSA) is 71.1 Å². The number of nitrogens with one attached hydrogen (secondary N) is 1. The molecule has 8 heteroatoms. The Labute approximate surface area is 200 Å². The Morgan fingerprint density at radius 1 is 0.970 bits per heavy atom. The van der Waals surface area contributed by atoms with E-state index in [-0.39, 0.29) is 17.7 Å². The van der Waals surface area contributed by atoms with Crippen LogP contribution in [0.25, 0.3) is 0 Å². The highest BCUT2D eigenvalue weighted by atomic mass is 35.5. The van der Waals surface area contributed by atoms with E-state index in [2.05, 4.69) is 10.2 Å². The van der Waals surface area contributed by atoms with Gasteiger partial charge in [0.15, 0.2) is 0 Å². The Kier molecular flexibility index (Phi) is 8.58. The third-order valence-electron chi connectivity index (χ3n) is 5.84. The number of methoxy groups -OCH3 is 2. The van der Waals surface area contributed by atoms with Gasteiger partial charge in [0.05, 0.1) is 14.2 Å². The van der Waals surface area contributed by atoms with Gasteiger partial charge in [-0.2, -0.15) is 0 Å². The molecule has 7 nitrogen and oxygen atoms in total. The van der Waals surface area contributed by atoms with Crippen LogP contribution in [-0.4, -0.2) is 68.1 Å². The molecule has 0 spiro atoms. The van der Waals surface area contributed by atoms with Crippen molar-refractivity contribution in [2.75, 3.05) is 40.4 Å². The summed E-state index contributed by atoms with van der Waals surface area (Å²) in [5.41, 5.74) is 1.58. The average Bonchev–Trinajstić information content (AvgIpc) is 2.83. The molecule has 178 valence electrons. The van der Waals surface area contributed by atoms with Crippen LogP contribution in [0.15, 0.2) is 42.5 Å². The summed E-state index contributed by atoms with van der Waals surface area (Å²) in [5, 5.41) is 3.65. The molecule has 1 atom stereocenters. The first kappa shape index (κ1) is 24.9. The number of rotatable bonds is 8. The highest BCUT2D eigenvalue weighted by Gasteiger charge is 2.31. The lowest BCUT2D eigenvalue weighted by atomic mass is 10.0. The second-order valence-corrected chi connectivity index (χ2v) is 8.96. The molecule has 1 saturated heterocycles. The number of hydrogen-bond acceptors (Lipinski definition) is 5. The fourth-order valence-corrected chi connectivity index (χ4v) is 3.97. The molecule has 1 fully saturated rings. The number of nitrogens with zero attached hydrogens (tertiary/aromatic N) is 2. The molecule has 2 aromatic rings. The Hall–Kier alpha value is -2.77. The predicted octanol–water partition coefficient (Wildman–Crippen LogP) is 3.46. The van der Waals surface area contributed by atoms with Crippen molar-refractivity contribution in [3.8, 4) is 11.5 Å². The van der Waals surface area contributed by atoms with E-state index < -0.39 is 6.04 Å². The number of benzene rings is 2. The average molecular weight is 474 g/mol. The molecule has 1 aliphatic rings. The summed E-state index contributed by atoms with van der Waals surface area (Å²) >= 11 is 5.97. The Bertz CT molecular complexity index is 934. The van der Waals surface area contributed by atoms with Gasteiger partial charge in [0.25, 0.3) is 5.91 Å². The van der Waals surface area contributed by atoms with E-state index in [1.807, 2.05) is 43.0 Å². The van der Waals surface area contributed by atoms with Gasteiger partial charge in [-0.3, -0.25) is 14.5 Å². The SMILES string of the molecule is COc1cc(OC)cc(C(=O)N[C@H](C(=O)N2CCN(Cc3ccc(Cl)cc3)CC2)C(C)C)c1. The number of carbonyl (C=O) groups is 2. The summed E-state index contributed by atoms with van der Waals surface area (Å²) in [7, 11) is 3.06. The minimum absolute atomic E-state index is 0.0546. The van der Waals surface area contributed by atoms with E-state index in [0.29, 0.717) is 30.2 Å². The maximum atomic E-state index is 13.3. The molecule has 1 aliphatic heterocycles. The first-order valence-electron chi connectivity index (χ1n) is 11.1. The molecule has 1 N–H and O–H groups in total. The molecule has 0 aliphatic carbocycles. The molecular formula is C25H32ClN3O4. The van der Waals surface area contributed by atoms with Crippen molar-refractivity contribution in [3.05, 3.63) is 58.6 Å². The minimum atomic E-state index is -0.613. The lowest BCUT2D eigenvalue weighted by molar-refractivity contribution is -0.136. The normalized spacial score (nSPS) is 15.3. The van der Waals surface area contributed by atoms with E-state index in [1.54, 1.807) is 18.2 Å². The zero-order chi connectivity index (χ0) is 24.0. The molecule has 0 aromatic heterocycles. The molecule has 0 unspecified atom stereocenters. The molecule has 33 heavy (non-hydrogen) atoms. The van der Waals surface area contributed by atoms with Gasteiger partial charge in [-0.25, -0.2) is 0 Å². The quantitative estimate of drug-likeness (QED) is 0.635. The zero-order valence-electron chi connectivity index (χ0n) is 19.6. The van der Waals surface area contributed by atoms with Crippen LogP contribution in [0.1, 0.15) is 29.8 Å². The standard InChI is InChI=1S/C25H32ClN3O4/c1-17(2)23(27-24(30)19-13-21(32-3)15-22(14-19)33-4)25(31)29-11-9-28(10-12-29)16-18-5-7-20(26)8-6-18/h5-8,13-15,17,23H,9-12,16H2,1-4H3,(H,27,30)/t23-/m0/s1. The van der Waals surface area contributed by atoms with Crippen molar-refractivity contribution in [2.45, 2.75) is 26.4 Å². The molecule has 2 aromatic carbocycles. The van der Waals surface area contributed by atoms with Crippen molar-refractivity contribution in [2.24, 2.45) is 5.92 Å². The maximum Gasteiger partial charge on any atom is 0.252 e. The highest BCUT2D eigenvalue weighted by molar-refractivity contribution is 6.30. The lowest BCUT2D eigenvalue weighted by Crippen LogP contribution is -2.56. The number of piperazine rings is 1. The van der Waals surface area contributed by atoms with Crippen LogP contribution in [0.3, 0.4) is 0 Å². The molecule has 2 amide bonds. The van der Waals surface area contributed by atoms with Crippen LogP contribution in [0.4, 0.5) is 0 Å². The van der Waals surface area contributed by atoms with E-state index in [9.17, 15) is 9.59 Å². The van der Waals surface area contributed by atoms with Crippen molar-refractivity contribution in [3.63, 3.8) is 0 Å². The van der Waals surface area contributed by atoms with E-state index in [1.165, 1.54) is 19.8 Å². The van der Waals surface area contributed by atoms with Crippen LogP contribution in [0.5, 0.6) is 11.5 Å². The van der Waals surface area contributed by atoms with Crippen molar-refractivity contribution in [1.29, 1.82) is 0 Å². The fraction of sp³-hybridized carbons (Fsp3) is 0.440. The smallest absolute Gasteiger partial charge is 0.252 e. The third kappa shape index (κ3) is 6.62. The second kappa shape index (κ2) is 11.4. The number of carbonyl (C=O) groups excluding carboxylic acids is 2. The minimum Gasteiger partial charge on any atom is -0.497 e. The van der Waals surface area contributed by atoms with E-state index >= 15 is 0 Å². The van der Waals surface area contributed by atoms with E-state index in [4.69, 9.17) is 21.1 Å². The van der Waals surface area contributed by atoms with Gasteiger partial charge in [0.1, 0.15) is 17.5 Å². The van der Waals surface area contributed by atoms with E-state index in [0.717, 1.165) is 24.7 Å². The summed E-state index contributed by atoms with van der Waals surface area (Å²) in [6, 6.07) is 12.2. The monoisotopic (exact) mass is 473 g/mol. The summed E-state index contributed by atoms with van der Waals surface area (Å²) in [4.78, 5) is 30.4. The predicted molar refractivity (Wildman–Crippen MR) is 129 cm³/mol. The Balaban J connectivity index is 1.61. The van der Waals surface area contributed by atoms with Crippen LogP contribution in [0.2, 0.25) is 5.02 Å². The second-order valence-electron chi connectivity index (χ2n) is 8.52. The Morgan fingerprint density at radius 3 is 2.06 bits per heavy atom. The van der Waals surface area contributed by atoms with Gasteiger partial charge >= 0.3 is 0 Å². The van der Waals surface area contributed by atoms with Crippen molar-refractivity contribution < 1.29 is 19.1 Å². The number of hydrogen-bond donors (Lipinski definition) is 1. The van der Waals surface area contributed by atoms with Crippen molar-refractivity contribution >= 4 is 23.4 Å². The molecule has 0 radical (unpaired) electrons. The molecule has 0 bridgehead atoms. The zero-order valence-corrected chi connectivity index (χ0v) is 20.4. The van der Waals surface area contributed by atoms with Gasteiger partial charge in [-0.05, 0) is 35.7 Å². The first-order valence-corrected chi connectivity index (χ1v) is 11.5. The van der Waals surface area contributed by atoms with Gasteiger partial charge in [0.2, 0.25) is 5.91 Å². The van der Waals surface area contributed by atoms with Crippen LogP contribution in [0, 0.1) is 5.92 Å². The van der Waals surface area contributed by atoms with Crippen molar-refractivity contribution in [1.82, 2.24) is 15.1 Å². The van der Waals surface area contributed by atoms with Gasteiger partial charge in [-0.15, -0.1) is 0 Å². The summed E-state index contributed by atoms with van der Waals surface area (Å²) in [6.45, 7) is 7.50. The molecule has 0 saturated carbocycles. The summed E-state index contributed by atoms with van der Waals surface area (Å²) in [6.07, 6.45) is 0. The highest BCUT2D eigenvalue weighted by Crippen LogP contribution is 2.23. The third-order valence-corrected chi connectivity index (χ3v) is 6.09. The van der Waals surface area contributed by atoms with Gasteiger partial charge < -0.3 is 19.7 Å². The maximum absolute atomic E-state index is 13.3. The Morgan fingerprint density at radius 2 is 1.55 bits per heavy atom. The van der Waals surface area contributed by atoms with Gasteiger partial charge in [0, 0.05) is 49.4 Å². The largest absolute Gasteiger partial charge is 0.497 e. The van der Waals surface area contributed by atoms with Crippen LogP contribution >= 0.6 is 11.6 Å². The first-order chi connectivity index (χ1) is 15.8. The van der Waals surface area contributed by atoms with Crippen LogP contribution in [-0.2, 0) is 11.3 Å². The summed E-state index contributed by atoms with van der Waals surface area (Å²) in [5.74, 6) is 0.591. The molecule has 1 heterocycles. The van der Waals surface area contributed by atoms with Gasteiger partial charge in [-0.1, -0.05) is 37.6 Å². The number of halogens is 1. The lowest BCUT2D eigenvalue weighted by Gasteiger charge is -2.37. The number of amides is 2. The number of ether oxygens (including phenoxy) is 2. The summed E-state index contributed by atoms with van der Waals surface area (Å²) < 4.78 is 10.5.